The highest BCUT2D eigenvalue weighted by atomic mass is 16.6. The Morgan fingerprint density at radius 1 is 1.23 bits per heavy atom. The Bertz CT molecular complexity index is 824. The van der Waals surface area contributed by atoms with E-state index in [-0.39, 0.29) is 19.0 Å². The predicted molar refractivity (Wildman–Crippen MR) is 95.8 cm³/mol. The molecule has 2 heterocycles. The van der Waals surface area contributed by atoms with E-state index in [1.165, 1.54) is 0 Å². The van der Waals surface area contributed by atoms with Crippen molar-refractivity contribution in [2.24, 2.45) is 0 Å². The van der Waals surface area contributed by atoms with E-state index in [1.54, 1.807) is 18.2 Å². The molecule has 1 aliphatic heterocycles. The van der Waals surface area contributed by atoms with Crippen LogP contribution in [0.3, 0.4) is 0 Å². The van der Waals surface area contributed by atoms with E-state index in [9.17, 15) is 9.59 Å². The van der Waals surface area contributed by atoms with Crippen molar-refractivity contribution in [3.8, 4) is 11.5 Å². The van der Waals surface area contributed by atoms with Gasteiger partial charge in [0, 0.05) is 23.5 Å². The summed E-state index contributed by atoms with van der Waals surface area (Å²) in [5.74, 6) is 0.271. The number of carbonyl (C=O) groups is 2. The van der Waals surface area contributed by atoms with Crippen LogP contribution in [0.25, 0.3) is 0 Å². The zero-order valence-corrected chi connectivity index (χ0v) is 15.3. The van der Waals surface area contributed by atoms with Gasteiger partial charge >= 0.3 is 5.97 Å². The number of rotatable bonds is 6. The summed E-state index contributed by atoms with van der Waals surface area (Å²) in [6.07, 6.45) is 0.115. The molecule has 0 fully saturated rings. The van der Waals surface area contributed by atoms with Crippen LogP contribution in [0, 0.1) is 13.8 Å². The molecule has 2 aromatic rings. The van der Waals surface area contributed by atoms with Gasteiger partial charge in [-0.05, 0) is 38.5 Å². The van der Waals surface area contributed by atoms with Gasteiger partial charge in [-0.1, -0.05) is 19.1 Å². The van der Waals surface area contributed by atoms with Gasteiger partial charge in [0.2, 0.25) is 11.9 Å². The Hall–Kier alpha value is -2.76. The number of hydrogen-bond donors (Lipinski definition) is 0. The fraction of sp³-hybridized carbons (Fsp3) is 0.400. The van der Waals surface area contributed by atoms with Crippen LogP contribution in [-0.2, 0) is 16.1 Å². The van der Waals surface area contributed by atoms with E-state index < -0.39 is 12.1 Å². The maximum Gasteiger partial charge on any atom is 0.351 e. The summed E-state index contributed by atoms with van der Waals surface area (Å²) in [5.41, 5.74) is 2.52. The fourth-order valence-electron chi connectivity index (χ4n) is 3.09. The minimum atomic E-state index is -0.870. The fourth-order valence-corrected chi connectivity index (χ4v) is 3.09. The molecule has 1 atom stereocenters. The predicted octanol–water partition coefficient (Wildman–Crippen LogP) is 3.08. The molecule has 1 aromatic carbocycles. The number of fused-ring (bicyclic) bond motifs is 1. The largest absolute Gasteiger partial charge is 0.485 e. The van der Waals surface area contributed by atoms with Crippen LogP contribution in [0.15, 0.2) is 30.3 Å². The third-order valence-corrected chi connectivity index (χ3v) is 4.44. The zero-order valence-electron chi connectivity index (χ0n) is 15.3. The smallest absolute Gasteiger partial charge is 0.351 e. The van der Waals surface area contributed by atoms with Crippen LogP contribution < -0.4 is 9.47 Å². The van der Waals surface area contributed by atoms with E-state index in [1.807, 2.05) is 26.0 Å². The van der Waals surface area contributed by atoms with Crippen molar-refractivity contribution in [2.75, 3.05) is 13.2 Å². The Labute approximate surface area is 152 Å². The Kier molecular flexibility index (Phi) is 5.30. The van der Waals surface area contributed by atoms with Crippen LogP contribution >= 0.6 is 0 Å². The summed E-state index contributed by atoms with van der Waals surface area (Å²) < 4.78 is 18.4. The van der Waals surface area contributed by atoms with Gasteiger partial charge in [-0.2, -0.15) is 0 Å². The summed E-state index contributed by atoms with van der Waals surface area (Å²) in [7, 11) is 0. The number of aromatic nitrogens is 1. The first-order valence-corrected chi connectivity index (χ1v) is 8.76. The molecule has 0 saturated carbocycles. The van der Waals surface area contributed by atoms with Gasteiger partial charge in [-0.25, -0.2) is 4.79 Å². The molecule has 0 amide bonds. The quantitative estimate of drug-likeness (QED) is 0.587. The molecular weight excluding hydrogens is 334 g/mol. The number of esters is 1. The Morgan fingerprint density at radius 2 is 1.96 bits per heavy atom. The lowest BCUT2D eigenvalue weighted by atomic mass is 10.1. The van der Waals surface area contributed by atoms with Crippen molar-refractivity contribution in [1.82, 2.24) is 4.57 Å². The second-order valence-corrected chi connectivity index (χ2v) is 6.33. The van der Waals surface area contributed by atoms with Crippen LogP contribution in [0.4, 0.5) is 0 Å². The summed E-state index contributed by atoms with van der Waals surface area (Å²) >= 11 is 0. The summed E-state index contributed by atoms with van der Waals surface area (Å²) in [6, 6.07) is 8.96. The molecule has 0 aliphatic carbocycles. The van der Waals surface area contributed by atoms with E-state index in [4.69, 9.17) is 14.2 Å². The molecule has 0 radical (unpaired) electrons. The number of carbonyl (C=O) groups excluding carboxylic acids is 2. The van der Waals surface area contributed by atoms with E-state index in [2.05, 4.69) is 11.5 Å². The van der Waals surface area contributed by atoms with Gasteiger partial charge in [-0.15, -0.1) is 0 Å². The monoisotopic (exact) mass is 357 g/mol. The van der Waals surface area contributed by atoms with Gasteiger partial charge in [0.15, 0.2) is 18.1 Å². The van der Waals surface area contributed by atoms with Crippen LogP contribution in [0.1, 0.15) is 35.1 Å². The molecule has 3 rings (SSSR count). The maximum absolute atomic E-state index is 12.5. The number of benzene rings is 1. The minimum absolute atomic E-state index is 0.0645. The van der Waals surface area contributed by atoms with Gasteiger partial charge in [-0.3, -0.25) is 4.79 Å². The minimum Gasteiger partial charge on any atom is -0.485 e. The molecular formula is C20H23NO5. The molecule has 1 aromatic heterocycles. The Balaban J connectivity index is 1.60. The van der Waals surface area contributed by atoms with E-state index in [0.717, 1.165) is 24.4 Å². The van der Waals surface area contributed by atoms with Gasteiger partial charge in [0.05, 0.1) is 0 Å². The second-order valence-electron chi connectivity index (χ2n) is 6.33. The highest BCUT2D eigenvalue weighted by molar-refractivity contribution is 5.99. The maximum atomic E-state index is 12.5. The number of aryl methyl sites for hydroxylation is 1. The van der Waals surface area contributed by atoms with Gasteiger partial charge < -0.3 is 18.8 Å². The lowest BCUT2D eigenvalue weighted by Gasteiger charge is -2.24. The number of hydrogen-bond acceptors (Lipinski definition) is 5. The standard InChI is InChI=1S/C20H23NO5/c1-4-9-21-13(2)10-15(14(21)3)16(22)11-25-20(23)19-12-24-17-7-5-6-8-18(17)26-19/h5-8,10,19H,4,9,11-12H2,1-3H3/t19-/m1/s1. The first-order chi connectivity index (χ1) is 12.5. The van der Waals surface area contributed by atoms with Gasteiger partial charge in [0.1, 0.15) is 6.61 Å². The molecule has 0 bridgehead atoms. The Morgan fingerprint density at radius 3 is 2.69 bits per heavy atom. The molecule has 26 heavy (non-hydrogen) atoms. The van der Waals surface area contributed by atoms with Crippen molar-refractivity contribution in [3.63, 3.8) is 0 Å². The molecule has 0 spiro atoms. The first kappa shape index (κ1) is 18.0. The van der Waals surface area contributed by atoms with Crippen molar-refractivity contribution < 1.29 is 23.8 Å². The SMILES string of the molecule is CCCn1c(C)cc(C(=O)COC(=O)[C@H]2COc3ccccc3O2)c1C. The van der Waals surface area contributed by atoms with Crippen molar-refractivity contribution in [1.29, 1.82) is 0 Å². The van der Waals surface area contributed by atoms with Crippen molar-refractivity contribution in [2.45, 2.75) is 39.8 Å². The topological polar surface area (TPSA) is 66.8 Å². The molecule has 0 saturated heterocycles. The zero-order chi connectivity index (χ0) is 18.7. The highest BCUT2D eigenvalue weighted by Gasteiger charge is 2.29. The van der Waals surface area contributed by atoms with Crippen LogP contribution in [0.2, 0.25) is 0 Å². The highest BCUT2D eigenvalue weighted by Crippen LogP contribution is 2.31. The lowest BCUT2D eigenvalue weighted by Crippen LogP contribution is -2.38. The van der Waals surface area contributed by atoms with Crippen molar-refractivity contribution in [3.05, 3.63) is 47.3 Å². The van der Waals surface area contributed by atoms with Crippen LogP contribution in [-0.4, -0.2) is 35.6 Å². The average Bonchev–Trinajstić information content (AvgIpc) is 2.94. The third kappa shape index (κ3) is 3.59. The normalized spacial score (nSPS) is 15.6. The van der Waals surface area contributed by atoms with Crippen molar-refractivity contribution >= 4 is 11.8 Å². The number of Topliss-reactive ketones (excluding diaryl/α,β-unsaturated/α-hetero) is 1. The number of ether oxygens (including phenoxy) is 3. The molecule has 138 valence electrons. The number of nitrogens with zero attached hydrogens (tertiary/aromatic N) is 1. The lowest BCUT2D eigenvalue weighted by molar-refractivity contribution is -0.153. The summed E-state index contributed by atoms with van der Waals surface area (Å²) in [6.45, 7) is 6.58. The van der Waals surface area contributed by atoms with E-state index in [0.29, 0.717) is 17.1 Å². The van der Waals surface area contributed by atoms with E-state index >= 15 is 0 Å². The average molecular weight is 357 g/mol. The first-order valence-electron chi connectivity index (χ1n) is 8.76. The van der Waals surface area contributed by atoms with Crippen LogP contribution in [0.5, 0.6) is 11.5 Å². The molecule has 0 unspecified atom stereocenters. The second kappa shape index (κ2) is 7.64. The van der Waals surface area contributed by atoms with Gasteiger partial charge in [0.25, 0.3) is 0 Å². The molecule has 6 heteroatoms. The number of ketones is 1. The third-order valence-electron chi connectivity index (χ3n) is 4.44. The molecule has 0 N–H and O–H groups in total. The molecule has 1 aliphatic rings. The number of para-hydroxylation sites is 2. The summed E-state index contributed by atoms with van der Waals surface area (Å²) in [4.78, 5) is 24.7. The molecule has 6 nitrogen and oxygen atoms in total. The summed E-state index contributed by atoms with van der Waals surface area (Å²) in [5, 5.41) is 0.